The van der Waals surface area contributed by atoms with Gasteiger partial charge in [0.1, 0.15) is 6.61 Å². The molecule has 112 valence electrons. The van der Waals surface area contributed by atoms with Gasteiger partial charge in [0.05, 0.1) is 13.0 Å². The molecule has 0 spiro atoms. The Labute approximate surface area is 116 Å². The van der Waals surface area contributed by atoms with Gasteiger partial charge in [0.2, 0.25) is 5.91 Å². The maximum absolute atomic E-state index is 11.8. The fourth-order valence-corrected chi connectivity index (χ4v) is 1.53. The number of hydrogen-bond donors (Lipinski definition) is 1. The molecule has 0 aliphatic heterocycles. The van der Waals surface area contributed by atoms with Gasteiger partial charge in [-0.3, -0.25) is 4.79 Å². The molecule has 0 radical (unpaired) electrons. The van der Waals surface area contributed by atoms with Gasteiger partial charge in [0, 0.05) is 5.69 Å². The van der Waals surface area contributed by atoms with Crippen LogP contribution in [0.2, 0.25) is 0 Å². The molecule has 0 saturated carbocycles. The van der Waals surface area contributed by atoms with E-state index < -0.39 is 12.8 Å². The van der Waals surface area contributed by atoms with Crippen molar-refractivity contribution in [3.63, 3.8) is 0 Å². The first-order valence-corrected chi connectivity index (χ1v) is 6.32. The van der Waals surface area contributed by atoms with E-state index in [1.54, 1.807) is 12.1 Å². The molecule has 0 aromatic heterocycles. The first kappa shape index (κ1) is 16.5. The average molecular weight is 289 g/mol. The summed E-state index contributed by atoms with van der Waals surface area (Å²) < 4.78 is 39.8. The Kier molecular flexibility index (Phi) is 6.01. The third-order valence-electron chi connectivity index (χ3n) is 2.60. The van der Waals surface area contributed by atoms with Gasteiger partial charge in [-0.15, -0.1) is 0 Å². The Balaban J connectivity index is 2.32. The summed E-state index contributed by atoms with van der Waals surface area (Å²) in [6.45, 7) is 2.54. The number of nitrogens with one attached hydrogen (secondary N) is 1. The maximum Gasteiger partial charge on any atom is 0.411 e. The lowest BCUT2D eigenvalue weighted by atomic mass is 10.0. The van der Waals surface area contributed by atoms with Crippen molar-refractivity contribution in [2.75, 3.05) is 18.5 Å². The normalized spacial score (nSPS) is 11.7. The number of carbonyl (C=O) groups excluding carboxylic acids is 1. The number of anilines is 1. The van der Waals surface area contributed by atoms with Crippen LogP contribution in [0.15, 0.2) is 24.3 Å². The van der Waals surface area contributed by atoms with E-state index in [-0.39, 0.29) is 18.9 Å². The third kappa shape index (κ3) is 6.56. The van der Waals surface area contributed by atoms with E-state index in [0.29, 0.717) is 11.6 Å². The Morgan fingerprint density at radius 3 is 2.35 bits per heavy atom. The van der Waals surface area contributed by atoms with E-state index in [1.165, 1.54) is 0 Å². The van der Waals surface area contributed by atoms with Crippen molar-refractivity contribution in [3.05, 3.63) is 29.8 Å². The highest BCUT2D eigenvalue weighted by Gasteiger charge is 2.27. The van der Waals surface area contributed by atoms with Gasteiger partial charge in [-0.25, -0.2) is 0 Å². The van der Waals surface area contributed by atoms with Crippen molar-refractivity contribution >= 4 is 11.6 Å². The summed E-state index contributed by atoms with van der Waals surface area (Å²) in [5.41, 5.74) is 1.77. The first-order valence-electron chi connectivity index (χ1n) is 6.32. The topological polar surface area (TPSA) is 38.3 Å². The van der Waals surface area contributed by atoms with Gasteiger partial charge in [-0.2, -0.15) is 13.2 Å². The van der Waals surface area contributed by atoms with Crippen molar-refractivity contribution < 1.29 is 22.7 Å². The minimum atomic E-state index is -4.36. The SMILES string of the molecule is CC(C)c1ccc(NC(=O)CCOCC(F)(F)F)cc1. The fourth-order valence-electron chi connectivity index (χ4n) is 1.53. The minimum Gasteiger partial charge on any atom is -0.372 e. The second-order valence-corrected chi connectivity index (χ2v) is 4.74. The van der Waals surface area contributed by atoms with Crippen LogP contribution in [-0.4, -0.2) is 25.3 Å². The van der Waals surface area contributed by atoms with Crippen molar-refractivity contribution in [2.45, 2.75) is 32.4 Å². The molecule has 20 heavy (non-hydrogen) atoms. The van der Waals surface area contributed by atoms with Crippen LogP contribution < -0.4 is 5.32 Å². The van der Waals surface area contributed by atoms with Crippen LogP contribution in [0.25, 0.3) is 0 Å². The van der Waals surface area contributed by atoms with Gasteiger partial charge in [-0.05, 0) is 23.6 Å². The summed E-state index contributed by atoms with van der Waals surface area (Å²) in [7, 11) is 0. The molecule has 0 saturated heterocycles. The van der Waals surface area contributed by atoms with Crippen LogP contribution in [0.1, 0.15) is 31.7 Å². The molecule has 3 nitrogen and oxygen atoms in total. The molecule has 0 aliphatic rings. The second kappa shape index (κ2) is 7.28. The Morgan fingerprint density at radius 1 is 1.25 bits per heavy atom. The molecular weight excluding hydrogens is 271 g/mol. The van der Waals surface area contributed by atoms with E-state index in [0.717, 1.165) is 5.56 Å². The summed E-state index contributed by atoms with van der Waals surface area (Å²) in [5.74, 6) is 0.0278. The number of halogens is 3. The highest BCUT2D eigenvalue weighted by Crippen LogP contribution is 2.17. The van der Waals surface area contributed by atoms with Crippen molar-refractivity contribution in [3.8, 4) is 0 Å². The molecule has 0 bridgehead atoms. The molecule has 1 aromatic rings. The molecule has 1 aromatic carbocycles. The van der Waals surface area contributed by atoms with E-state index in [1.807, 2.05) is 12.1 Å². The quantitative estimate of drug-likeness (QED) is 0.811. The number of rotatable bonds is 6. The summed E-state index contributed by atoms with van der Waals surface area (Å²) in [5, 5.41) is 2.61. The molecule has 1 amide bonds. The average Bonchev–Trinajstić information content (AvgIpc) is 2.34. The molecule has 0 fully saturated rings. The zero-order valence-corrected chi connectivity index (χ0v) is 11.5. The number of benzene rings is 1. The molecule has 1 N–H and O–H groups in total. The predicted molar refractivity (Wildman–Crippen MR) is 70.7 cm³/mol. The van der Waals surface area contributed by atoms with Gasteiger partial charge in [0.15, 0.2) is 0 Å². The first-order chi connectivity index (χ1) is 9.28. The Bertz CT molecular complexity index is 427. The lowest BCUT2D eigenvalue weighted by molar-refractivity contribution is -0.174. The molecule has 0 heterocycles. The standard InChI is InChI=1S/C14H18F3NO2/c1-10(2)11-3-5-12(6-4-11)18-13(19)7-8-20-9-14(15,16)17/h3-6,10H,7-9H2,1-2H3,(H,18,19). The monoisotopic (exact) mass is 289 g/mol. The fraction of sp³-hybridized carbons (Fsp3) is 0.500. The highest BCUT2D eigenvalue weighted by molar-refractivity contribution is 5.90. The summed E-state index contributed by atoms with van der Waals surface area (Å²) in [4.78, 5) is 11.5. The van der Waals surface area contributed by atoms with E-state index in [9.17, 15) is 18.0 Å². The molecule has 0 atom stereocenters. The summed E-state index contributed by atoms with van der Waals surface area (Å²) in [6, 6.07) is 7.34. The van der Waals surface area contributed by atoms with Gasteiger partial charge < -0.3 is 10.1 Å². The largest absolute Gasteiger partial charge is 0.411 e. The van der Waals surface area contributed by atoms with Gasteiger partial charge in [0.25, 0.3) is 0 Å². The number of amides is 1. The van der Waals surface area contributed by atoms with E-state index in [4.69, 9.17) is 0 Å². The number of hydrogen-bond acceptors (Lipinski definition) is 2. The third-order valence-corrected chi connectivity index (χ3v) is 2.60. The van der Waals surface area contributed by atoms with Crippen LogP contribution in [0.5, 0.6) is 0 Å². The van der Waals surface area contributed by atoms with Gasteiger partial charge in [-0.1, -0.05) is 26.0 Å². The molecule has 0 aliphatic carbocycles. The minimum absolute atomic E-state index is 0.109. The van der Waals surface area contributed by atoms with Crippen molar-refractivity contribution in [2.24, 2.45) is 0 Å². The predicted octanol–water partition coefficient (Wildman–Crippen LogP) is 3.72. The van der Waals surface area contributed by atoms with Crippen LogP contribution >= 0.6 is 0 Å². The van der Waals surface area contributed by atoms with Crippen molar-refractivity contribution in [1.82, 2.24) is 0 Å². The maximum atomic E-state index is 11.8. The van der Waals surface area contributed by atoms with E-state index >= 15 is 0 Å². The zero-order chi connectivity index (χ0) is 15.2. The number of carbonyl (C=O) groups is 1. The summed E-state index contributed by atoms with van der Waals surface area (Å²) >= 11 is 0. The zero-order valence-electron chi connectivity index (χ0n) is 11.5. The van der Waals surface area contributed by atoms with Crippen molar-refractivity contribution in [1.29, 1.82) is 0 Å². The molecule has 6 heteroatoms. The van der Waals surface area contributed by atoms with Crippen LogP contribution in [0.3, 0.4) is 0 Å². The Hall–Kier alpha value is -1.56. The summed E-state index contributed by atoms with van der Waals surface area (Å²) in [6.07, 6.45) is -4.47. The highest BCUT2D eigenvalue weighted by atomic mass is 19.4. The van der Waals surface area contributed by atoms with Crippen LogP contribution in [0.4, 0.5) is 18.9 Å². The second-order valence-electron chi connectivity index (χ2n) is 4.74. The smallest absolute Gasteiger partial charge is 0.372 e. The molecule has 1 rings (SSSR count). The lowest BCUT2D eigenvalue weighted by Gasteiger charge is -2.09. The van der Waals surface area contributed by atoms with Crippen LogP contribution in [-0.2, 0) is 9.53 Å². The lowest BCUT2D eigenvalue weighted by Crippen LogP contribution is -2.20. The molecule has 0 unspecified atom stereocenters. The van der Waals surface area contributed by atoms with Crippen LogP contribution in [0, 0.1) is 0 Å². The number of alkyl halides is 3. The van der Waals surface area contributed by atoms with E-state index in [2.05, 4.69) is 23.9 Å². The number of ether oxygens (including phenoxy) is 1. The van der Waals surface area contributed by atoms with Gasteiger partial charge >= 0.3 is 6.18 Å². The molecular formula is C14H18F3NO2. The Morgan fingerprint density at radius 2 is 1.85 bits per heavy atom.